The third-order valence-electron chi connectivity index (χ3n) is 18.3. The maximum Gasteiger partial charge on any atom is 0.160 e. The molecule has 88 heavy (non-hydrogen) atoms. The van der Waals surface area contributed by atoms with Crippen LogP contribution in [0.1, 0.15) is 49.9 Å². The summed E-state index contributed by atoms with van der Waals surface area (Å²) in [7, 11) is 0. The zero-order chi connectivity index (χ0) is 59.1. The summed E-state index contributed by atoms with van der Waals surface area (Å²) in [5.41, 5.74) is 28.8. The van der Waals surface area contributed by atoms with Crippen LogP contribution in [-0.2, 0) is 10.8 Å². The van der Waals surface area contributed by atoms with Gasteiger partial charge in [-0.15, -0.1) is 0 Å². The lowest BCUT2D eigenvalue weighted by Crippen LogP contribution is -2.15. The summed E-state index contributed by atoms with van der Waals surface area (Å²) in [5, 5.41) is 0.954. The third-order valence-corrected chi connectivity index (χ3v) is 18.3. The number of fused-ring (bicyclic) bond motifs is 7. The Labute approximate surface area is 513 Å². The van der Waals surface area contributed by atoms with Gasteiger partial charge >= 0.3 is 0 Å². The molecule has 0 unspecified atom stereocenters. The minimum Gasteiger partial charge on any atom is -0.248 e. The second-order valence-electron chi connectivity index (χ2n) is 24.4. The summed E-state index contributed by atoms with van der Waals surface area (Å²) in [4.78, 5) is 27.1. The highest BCUT2D eigenvalue weighted by molar-refractivity contribution is 6.05. The summed E-state index contributed by atoms with van der Waals surface area (Å²) in [6.45, 7) is 9.42. The molecule has 5 heteroatoms. The van der Waals surface area contributed by atoms with Gasteiger partial charge in [0.15, 0.2) is 11.6 Å². The fraction of sp³-hybridized carbons (Fsp3) is 0.0723. The molecule has 0 radical (unpaired) electrons. The van der Waals surface area contributed by atoms with Gasteiger partial charge in [0.1, 0.15) is 0 Å². The number of benzene rings is 11. The summed E-state index contributed by atoms with van der Waals surface area (Å²) in [5.74, 6) is 1.27. The van der Waals surface area contributed by atoms with Gasteiger partial charge in [0.25, 0.3) is 0 Å². The van der Waals surface area contributed by atoms with E-state index >= 15 is 0 Å². The van der Waals surface area contributed by atoms with Gasteiger partial charge in [-0.05, 0) is 115 Å². The lowest BCUT2D eigenvalue weighted by Gasteiger charge is -2.23. The molecule has 0 saturated heterocycles. The van der Waals surface area contributed by atoms with E-state index in [-0.39, 0.29) is 10.8 Å². The fourth-order valence-electron chi connectivity index (χ4n) is 13.6. The molecule has 0 bridgehead atoms. The number of hydrogen-bond donors (Lipinski definition) is 0. The van der Waals surface area contributed by atoms with Crippen molar-refractivity contribution in [3.05, 3.63) is 307 Å². The van der Waals surface area contributed by atoms with Crippen molar-refractivity contribution in [2.75, 3.05) is 0 Å². The first-order valence-corrected chi connectivity index (χ1v) is 30.3. The maximum absolute atomic E-state index is 5.73. The van der Waals surface area contributed by atoms with Crippen molar-refractivity contribution in [1.29, 1.82) is 0 Å². The first kappa shape index (κ1) is 52.5. The first-order chi connectivity index (χ1) is 43.1. The molecule has 5 nitrogen and oxygen atoms in total. The van der Waals surface area contributed by atoms with Gasteiger partial charge in [-0.25, -0.2) is 24.9 Å². The third kappa shape index (κ3) is 9.05. The molecule has 0 saturated carbocycles. The minimum atomic E-state index is -0.214. The standard InChI is InChI=1S/C83H59N5/c1-82(2)70-31-19-17-29-64(70)66-43-41-60(47-72(66)82)62-45-68(61-42-44-67-65-30-18-20-32-71(65)83(3,4)73(67)48-61)79-69(46-62)78(57-35-39-58(40-36-57)80-85-76(54-25-13-7-14-26-54)51-77(86-80)55-27-15-8-16-28-55)87-81(88-79)59-37-33-56(34-38-59)75-50-63(52-21-9-5-10-22-52)49-74(84-75)53-23-11-6-12-24-53/h5-51H,1-4H3. The quantitative estimate of drug-likeness (QED) is 0.137. The highest BCUT2D eigenvalue weighted by Gasteiger charge is 2.37. The van der Waals surface area contributed by atoms with Gasteiger partial charge < -0.3 is 0 Å². The van der Waals surface area contributed by atoms with Gasteiger partial charge in [-0.1, -0.05) is 270 Å². The Morgan fingerprint density at radius 1 is 0.216 bits per heavy atom. The van der Waals surface area contributed by atoms with Crippen LogP contribution in [0.4, 0.5) is 0 Å². The zero-order valence-electron chi connectivity index (χ0n) is 49.4. The predicted molar refractivity (Wildman–Crippen MR) is 362 cm³/mol. The highest BCUT2D eigenvalue weighted by atomic mass is 14.9. The summed E-state index contributed by atoms with van der Waals surface area (Å²) < 4.78 is 0. The topological polar surface area (TPSA) is 64.5 Å². The van der Waals surface area contributed by atoms with E-state index in [1.807, 2.05) is 18.2 Å². The van der Waals surface area contributed by atoms with Crippen molar-refractivity contribution in [3.63, 3.8) is 0 Å². The Morgan fingerprint density at radius 3 is 1.11 bits per heavy atom. The minimum absolute atomic E-state index is 0.181. The molecule has 0 atom stereocenters. The molecule has 416 valence electrons. The molecule has 0 N–H and O–H groups in total. The second-order valence-corrected chi connectivity index (χ2v) is 24.4. The number of pyridine rings is 1. The van der Waals surface area contributed by atoms with Gasteiger partial charge in [0.05, 0.1) is 34.0 Å². The van der Waals surface area contributed by atoms with Crippen LogP contribution in [0.25, 0.3) is 146 Å². The molecule has 3 aromatic heterocycles. The van der Waals surface area contributed by atoms with Gasteiger partial charge in [0, 0.05) is 60.7 Å². The molecule has 0 amide bonds. The zero-order valence-corrected chi connectivity index (χ0v) is 49.4. The van der Waals surface area contributed by atoms with Gasteiger partial charge in [-0.3, -0.25) is 0 Å². The van der Waals surface area contributed by atoms with Crippen LogP contribution in [-0.4, -0.2) is 24.9 Å². The van der Waals surface area contributed by atoms with Crippen LogP contribution in [0.5, 0.6) is 0 Å². The monoisotopic (exact) mass is 1130 g/mol. The van der Waals surface area contributed by atoms with E-state index in [9.17, 15) is 0 Å². The highest BCUT2D eigenvalue weighted by Crippen LogP contribution is 2.52. The van der Waals surface area contributed by atoms with Crippen molar-refractivity contribution in [2.24, 2.45) is 0 Å². The Morgan fingerprint density at radius 2 is 0.591 bits per heavy atom. The number of rotatable bonds is 10. The van der Waals surface area contributed by atoms with E-state index in [0.717, 1.165) is 112 Å². The van der Waals surface area contributed by atoms with Crippen LogP contribution >= 0.6 is 0 Å². The van der Waals surface area contributed by atoms with Crippen molar-refractivity contribution in [3.8, 4) is 135 Å². The molecule has 2 aliphatic rings. The normalized spacial score (nSPS) is 13.2. The molecule has 11 aromatic carbocycles. The lowest BCUT2D eigenvalue weighted by molar-refractivity contribution is 0.660. The average Bonchev–Trinajstić information content (AvgIpc) is 1.56. The maximum atomic E-state index is 5.73. The Kier molecular flexibility index (Phi) is 12.5. The average molecular weight is 1130 g/mol. The van der Waals surface area contributed by atoms with Crippen LogP contribution in [0.2, 0.25) is 0 Å². The molecule has 3 heterocycles. The predicted octanol–water partition coefficient (Wildman–Crippen LogP) is 21.1. The van der Waals surface area contributed by atoms with E-state index in [2.05, 4.69) is 295 Å². The largest absolute Gasteiger partial charge is 0.248 e. The Hall–Kier alpha value is -11.0. The van der Waals surface area contributed by atoms with Crippen molar-refractivity contribution in [2.45, 2.75) is 38.5 Å². The summed E-state index contributed by atoms with van der Waals surface area (Å²) in [6.07, 6.45) is 0. The fourth-order valence-corrected chi connectivity index (χ4v) is 13.6. The molecule has 0 fully saturated rings. The molecular formula is C83H59N5. The van der Waals surface area contributed by atoms with Crippen molar-refractivity contribution < 1.29 is 0 Å². The molecule has 0 spiro atoms. The summed E-state index contributed by atoms with van der Waals surface area (Å²) in [6, 6.07) is 102. The van der Waals surface area contributed by atoms with Crippen molar-refractivity contribution in [1.82, 2.24) is 24.9 Å². The van der Waals surface area contributed by atoms with Gasteiger partial charge in [-0.2, -0.15) is 0 Å². The van der Waals surface area contributed by atoms with Crippen molar-refractivity contribution >= 4 is 10.9 Å². The molecule has 14 aromatic rings. The lowest BCUT2D eigenvalue weighted by atomic mass is 9.81. The van der Waals surface area contributed by atoms with E-state index in [1.54, 1.807) is 0 Å². The van der Waals surface area contributed by atoms with E-state index in [4.69, 9.17) is 24.9 Å². The van der Waals surface area contributed by atoms with E-state index in [1.165, 1.54) is 44.5 Å². The first-order valence-electron chi connectivity index (χ1n) is 30.3. The van der Waals surface area contributed by atoms with Crippen LogP contribution in [0.3, 0.4) is 0 Å². The van der Waals surface area contributed by atoms with E-state index < -0.39 is 0 Å². The SMILES string of the molecule is CC1(C)c2ccccc2-c2ccc(-c3cc(-c4ccc5c(c4)C(C)(C)c4ccccc4-5)c4nc(-c5ccc(-c6cc(-c7ccccc7)cc(-c7ccccc7)n6)cc5)nc(-c5ccc(-c6nc(-c7ccccc7)cc(-c7ccccc7)n6)cc5)c4c3)cc21. The smallest absolute Gasteiger partial charge is 0.160 e. The molecular weight excluding hydrogens is 1070 g/mol. The van der Waals surface area contributed by atoms with Crippen LogP contribution in [0, 0.1) is 0 Å². The van der Waals surface area contributed by atoms with E-state index in [0.29, 0.717) is 11.6 Å². The number of hydrogen-bond acceptors (Lipinski definition) is 5. The number of nitrogens with zero attached hydrogens (tertiary/aromatic N) is 5. The Balaban J connectivity index is 0.900. The summed E-state index contributed by atoms with van der Waals surface area (Å²) >= 11 is 0. The van der Waals surface area contributed by atoms with Gasteiger partial charge in [0.2, 0.25) is 0 Å². The second kappa shape index (κ2) is 20.9. The molecule has 16 rings (SSSR count). The Bertz CT molecular complexity index is 4920. The van der Waals surface area contributed by atoms with Crippen LogP contribution in [0.15, 0.2) is 285 Å². The number of aromatic nitrogens is 5. The molecule has 2 aliphatic carbocycles. The van der Waals surface area contributed by atoms with Crippen LogP contribution < -0.4 is 0 Å². The molecule has 0 aliphatic heterocycles.